The van der Waals surface area contributed by atoms with E-state index in [1.165, 1.54) is 12.1 Å². The minimum atomic E-state index is -1.10. The van der Waals surface area contributed by atoms with E-state index in [4.69, 9.17) is 9.84 Å². The first-order valence-electron chi connectivity index (χ1n) is 7.79. The molecule has 0 heterocycles. The van der Waals surface area contributed by atoms with Crippen LogP contribution in [0.25, 0.3) is 0 Å². The Morgan fingerprint density at radius 2 is 1.88 bits per heavy atom. The molecule has 0 aliphatic rings. The molecule has 0 bridgehead atoms. The zero-order chi connectivity index (χ0) is 19.1. The Balaban J connectivity index is 2.26. The molecule has 2 aromatic rings. The summed E-state index contributed by atoms with van der Waals surface area (Å²) in [5.41, 5.74) is 0.972. The minimum absolute atomic E-state index is 0.0292. The van der Waals surface area contributed by atoms with Crippen molar-refractivity contribution in [1.29, 1.82) is 0 Å². The third-order valence-corrected chi connectivity index (χ3v) is 4.24. The lowest BCUT2D eigenvalue weighted by Crippen LogP contribution is -2.21. The fourth-order valence-electron chi connectivity index (χ4n) is 2.33. The zero-order valence-corrected chi connectivity index (χ0v) is 16.1. The van der Waals surface area contributed by atoms with E-state index in [9.17, 15) is 14.7 Å². The summed E-state index contributed by atoms with van der Waals surface area (Å²) in [6, 6.07) is 13.7. The van der Waals surface area contributed by atoms with Gasteiger partial charge in [-0.05, 0) is 52.9 Å². The van der Waals surface area contributed by atoms with Gasteiger partial charge in [0.05, 0.1) is 0 Å². The van der Waals surface area contributed by atoms with E-state index in [1.807, 2.05) is 6.07 Å². The maximum absolute atomic E-state index is 12.3. The van der Waals surface area contributed by atoms with Gasteiger partial charge in [-0.25, -0.2) is 9.59 Å². The number of amides is 1. The number of carbonyl (C=O) groups excluding carboxylic acids is 1. The Kier molecular flexibility index (Phi) is 7.02. The summed E-state index contributed by atoms with van der Waals surface area (Å²) in [5.74, 6) is -1.61. The average Bonchev–Trinajstić information content (AvgIpc) is 2.60. The van der Waals surface area contributed by atoms with Crippen LogP contribution >= 0.6 is 22.6 Å². The highest BCUT2D eigenvalue weighted by Crippen LogP contribution is 2.34. The Morgan fingerprint density at radius 3 is 2.54 bits per heavy atom. The van der Waals surface area contributed by atoms with Crippen LogP contribution in [-0.4, -0.2) is 22.3 Å². The van der Waals surface area contributed by atoms with E-state index in [0.29, 0.717) is 11.3 Å². The molecule has 26 heavy (non-hydrogen) atoms. The summed E-state index contributed by atoms with van der Waals surface area (Å²) < 4.78 is 6.36. The summed E-state index contributed by atoms with van der Waals surface area (Å²) in [6.07, 6.45) is 0.850. The second kappa shape index (κ2) is 9.23. The van der Waals surface area contributed by atoms with Crippen LogP contribution in [0.5, 0.6) is 5.75 Å². The highest BCUT2D eigenvalue weighted by molar-refractivity contribution is 14.1. The summed E-state index contributed by atoms with van der Waals surface area (Å²) >= 11 is 2.08. The molecule has 0 fully saturated rings. The van der Waals surface area contributed by atoms with Crippen molar-refractivity contribution >= 4 is 40.3 Å². The zero-order valence-electron chi connectivity index (χ0n) is 13.9. The number of carboxylic acids is 1. The third kappa shape index (κ3) is 5.76. The molecule has 0 spiro atoms. The predicted molar refractivity (Wildman–Crippen MR) is 106 cm³/mol. The van der Waals surface area contributed by atoms with E-state index in [-0.39, 0.29) is 5.75 Å². The Bertz CT molecular complexity index is 807. The van der Waals surface area contributed by atoms with Gasteiger partial charge in [-0.3, -0.25) is 5.32 Å². The number of hydrogen-bond donors (Lipinski definition) is 3. The van der Waals surface area contributed by atoms with Gasteiger partial charge in [0.2, 0.25) is 0 Å². The van der Waals surface area contributed by atoms with Crippen molar-refractivity contribution in [1.82, 2.24) is 0 Å². The van der Waals surface area contributed by atoms with Crippen LogP contribution in [0.3, 0.4) is 0 Å². The van der Waals surface area contributed by atoms with Gasteiger partial charge in [0.1, 0.15) is 11.9 Å². The predicted octanol–water partition coefficient (Wildman–Crippen LogP) is 4.56. The third-order valence-electron chi connectivity index (χ3n) is 3.57. The van der Waals surface area contributed by atoms with Crippen molar-refractivity contribution in [3.8, 4) is 5.75 Å². The molecule has 0 saturated heterocycles. The van der Waals surface area contributed by atoms with Crippen LogP contribution in [0.4, 0.5) is 10.5 Å². The molecule has 0 aromatic heterocycles. The molecule has 136 valence electrons. The maximum atomic E-state index is 12.3. The maximum Gasteiger partial charge on any atom is 0.412 e. The fourth-order valence-corrected chi connectivity index (χ4v) is 2.84. The van der Waals surface area contributed by atoms with Gasteiger partial charge in [-0.1, -0.05) is 31.2 Å². The molecular formula is C19H18INO5. The lowest BCUT2D eigenvalue weighted by Gasteiger charge is -2.23. The average molecular weight is 467 g/mol. The molecule has 0 aliphatic carbocycles. The van der Waals surface area contributed by atoms with Crippen molar-refractivity contribution < 1.29 is 24.5 Å². The number of nitrogens with one attached hydrogen (secondary N) is 1. The molecule has 2 atom stereocenters. The van der Waals surface area contributed by atoms with Crippen LogP contribution in [0, 0.1) is 9.49 Å². The monoisotopic (exact) mass is 467 g/mol. The van der Waals surface area contributed by atoms with E-state index < -0.39 is 24.1 Å². The van der Waals surface area contributed by atoms with Gasteiger partial charge in [0.15, 0.2) is 0 Å². The summed E-state index contributed by atoms with van der Waals surface area (Å²) in [4.78, 5) is 23.1. The number of carbonyl (C=O) groups is 2. The Hall–Kier alpha value is -2.55. The van der Waals surface area contributed by atoms with Crippen LogP contribution in [-0.2, 0) is 9.53 Å². The number of halogens is 1. The van der Waals surface area contributed by atoms with Gasteiger partial charge in [-0.2, -0.15) is 0 Å². The topological polar surface area (TPSA) is 95.9 Å². The van der Waals surface area contributed by atoms with Gasteiger partial charge in [0, 0.05) is 26.8 Å². The van der Waals surface area contributed by atoms with E-state index in [1.54, 1.807) is 43.3 Å². The van der Waals surface area contributed by atoms with Gasteiger partial charge in [-0.15, -0.1) is 0 Å². The van der Waals surface area contributed by atoms with Crippen LogP contribution in [0.2, 0.25) is 0 Å². The largest absolute Gasteiger partial charge is 0.508 e. The lowest BCUT2D eigenvalue weighted by atomic mass is 9.96. The number of para-hydroxylation sites is 1. The quantitative estimate of drug-likeness (QED) is 0.428. The summed E-state index contributed by atoms with van der Waals surface area (Å²) in [6.45, 7) is 1.71. The number of carboxylic acid groups (broad SMARTS) is 1. The van der Waals surface area contributed by atoms with Crippen LogP contribution in [0.1, 0.15) is 18.6 Å². The van der Waals surface area contributed by atoms with Crippen LogP contribution in [0.15, 0.2) is 60.7 Å². The van der Waals surface area contributed by atoms with E-state index in [2.05, 4.69) is 27.9 Å². The Labute approximate surface area is 164 Å². The van der Waals surface area contributed by atoms with Crippen molar-refractivity contribution in [3.63, 3.8) is 0 Å². The molecule has 3 N–H and O–H groups in total. The highest BCUT2D eigenvalue weighted by Gasteiger charge is 2.25. The minimum Gasteiger partial charge on any atom is -0.508 e. The SMILES string of the molecule is C[C@@H](/C=C/C(=O)O)[C@H](OC(=O)Nc1ccccc1)c1cc(I)ccc1O. The van der Waals surface area contributed by atoms with E-state index >= 15 is 0 Å². The molecule has 6 nitrogen and oxygen atoms in total. The first kappa shape index (κ1) is 19.8. The smallest absolute Gasteiger partial charge is 0.412 e. The van der Waals surface area contributed by atoms with Gasteiger partial charge < -0.3 is 14.9 Å². The van der Waals surface area contributed by atoms with Crippen molar-refractivity contribution in [2.24, 2.45) is 5.92 Å². The fraction of sp³-hybridized carbons (Fsp3) is 0.158. The van der Waals surface area contributed by atoms with E-state index in [0.717, 1.165) is 9.65 Å². The number of anilines is 1. The van der Waals surface area contributed by atoms with Gasteiger partial charge in [0.25, 0.3) is 0 Å². The standard InChI is InChI=1S/C19H18INO5/c1-12(7-10-17(23)24)18(15-11-13(20)8-9-16(15)22)26-19(25)21-14-5-3-2-4-6-14/h2-12,18,22H,1H3,(H,21,25)(H,23,24)/b10-7+/t12-,18-/m0/s1. The number of benzene rings is 2. The number of aromatic hydroxyl groups is 1. The Morgan fingerprint density at radius 1 is 1.19 bits per heavy atom. The number of phenols is 1. The molecule has 7 heteroatoms. The number of aliphatic carboxylic acids is 1. The molecule has 0 aliphatic heterocycles. The van der Waals surface area contributed by atoms with Crippen molar-refractivity contribution in [2.45, 2.75) is 13.0 Å². The first-order valence-corrected chi connectivity index (χ1v) is 8.87. The normalized spacial score (nSPS) is 13.2. The van der Waals surface area contributed by atoms with Crippen LogP contribution < -0.4 is 5.32 Å². The molecular weight excluding hydrogens is 449 g/mol. The molecule has 0 radical (unpaired) electrons. The molecule has 2 rings (SSSR count). The number of ether oxygens (including phenoxy) is 1. The highest BCUT2D eigenvalue weighted by atomic mass is 127. The van der Waals surface area contributed by atoms with Gasteiger partial charge >= 0.3 is 12.1 Å². The number of hydrogen-bond acceptors (Lipinski definition) is 4. The lowest BCUT2D eigenvalue weighted by molar-refractivity contribution is -0.131. The molecule has 2 aromatic carbocycles. The summed E-state index contributed by atoms with van der Waals surface area (Å²) in [5, 5.41) is 21.6. The molecule has 1 amide bonds. The van der Waals surface area contributed by atoms with Crippen molar-refractivity contribution in [3.05, 3.63) is 69.8 Å². The molecule has 0 unspecified atom stereocenters. The molecule has 0 saturated carbocycles. The second-order valence-electron chi connectivity index (χ2n) is 5.58. The first-order chi connectivity index (χ1) is 12.4. The number of phenolic OH excluding ortho intramolecular Hbond substituents is 1. The van der Waals surface area contributed by atoms with Crippen molar-refractivity contribution in [2.75, 3.05) is 5.32 Å². The number of rotatable bonds is 6. The second-order valence-corrected chi connectivity index (χ2v) is 6.82. The summed E-state index contributed by atoms with van der Waals surface area (Å²) in [7, 11) is 0.